The first kappa shape index (κ1) is 14.5. The molecule has 0 radical (unpaired) electrons. The van der Waals surface area contributed by atoms with Gasteiger partial charge in [0, 0.05) is 14.9 Å². The average molecular weight is 405 g/mol. The van der Waals surface area contributed by atoms with E-state index in [2.05, 4.69) is 20.9 Å². The van der Waals surface area contributed by atoms with E-state index >= 15 is 0 Å². The minimum atomic E-state index is -0.0565. The average Bonchev–Trinajstić information content (AvgIpc) is 3.17. The number of thiophene rings is 1. The second kappa shape index (κ2) is 5.32. The number of rotatable bonds is 1. The van der Waals surface area contributed by atoms with E-state index in [1.54, 1.807) is 11.3 Å². The highest BCUT2D eigenvalue weighted by atomic mass is 79.9. The molecule has 0 amide bonds. The van der Waals surface area contributed by atoms with Crippen LogP contribution in [0, 0.1) is 0 Å². The standard InChI is InChI=1S/C17H13BrN2O3S/c18-10-6-12-11(22-7-23-12)5-9(10)15-19-16(21)14-8-3-1-2-4-13(8)24-17(14)20-15/h5-6H,1-4,7H2,(H,19,20,21). The lowest BCUT2D eigenvalue weighted by atomic mass is 9.97. The van der Waals surface area contributed by atoms with Gasteiger partial charge in [-0.25, -0.2) is 4.98 Å². The van der Waals surface area contributed by atoms with Crippen molar-refractivity contribution in [3.05, 3.63) is 37.4 Å². The van der Waals surface area contributed by atoms with Crippen molar-refractivity contribution in [1.82, 2.24) is 9.97 Å². The molecule has 1 aliphatic heterocycles. The Bertz CT molecular complexity index is 1040. The molecular formula is C17H13BrN2O3S. The summed E-state index contributed by atoms with van der Waals surface area (Å²) in [4.78, 5) is 22.5. The van der Waals surface area contributed by atoms with E-state index in [1.807, 2.05) is 12.1 Å². The van der Waals surface area contributed by atoms with Gasteiger partial charge in [0.2, 0.25) is 6.79 Å². The lowest BCUT2D eigenvalue weighted by molar-refractivity contribution is 0.174. The Balaban J connectivity index is 1.73. The number of hydrogen-bond acceptors (Lipinski definition) is 5. The summed E-state index contributed by atoms with van der Waals surface area (Å²) in [6.45, 7) is 0.214. The molecule has 0 bridgehead atoms. The maximum atomic E-state index is 12.7. The second-order valence-corrected chi connectivity index (χ2v) is 7.93. The van der Waals surface area contributed by atoms with Crippen molar-refractivity contribution in [2.75, 3.05) is 6.79 Å². The largest absolute Gasteiger partial charge is 0.454 e. The van der Waals surface area contributed by atoms with Gasteiger partial charge in [-0.15, -0.1) is 11.3 Å². The third kappa shape index (κ3) is 2.11. The predicted molar refractivity (Wildman–Crippen MR) is 96.1 cm³/mol. The molecule has 5 nitrogen and oxygen atoms in total. The monoisotopic (exact) mass is 404 g/mol. The number of benzene rings is 1. The molecule has 5 rings (SSSR count). The second-order valence-electron chi connectivity index (χ2n) is 5.99. The smallest absolute Gasteiger partial charge is 0.260 e. The van der Waals surface area contributed by atoms with Crippen LogP contribution in [0.15, 0.2) is 21.4 Å². The minimum absolute atomic E-state index is 0.0565. The zero-order valence-electron chi connectivity index (χ0n) is 12.6. The number of aromatic amines is 1. The molecule has 0 atom stereocenters. The molecule has 0 saturated carbocycles. The maximum absolute atomic E-state index is 12.7. The van der Waals surface area contributed by atoms with Gasteiger partial charge in [-0.1, -0.05) is 0 Å². The first-order valence-corrected chi connectivity index (χ1v) is 9.46. The first-order valence-electron chi connectivity index (χ1n) is 7.85. The zero-order chi connectivity index (χ0) is 16.3. The number of aryl methyl sites for hydroxylation is 2. The molecule has 1 aromatic carbocycles. The van der Waals surface area contributed by atoms with Crippen LogP contribution in [-0.2, 0) is 12.8 Å². The molecule has 2 aromatic heterocycles. The number of ether oxygens (including phenoxy) is 2. The number of aromatic nitrogens is 2. The van der Waals surface area contributed by atoms with Crippen LogP contribution in [-0.4, -0.2) is 16.8 Å². The molecule has 0 spiro atoms. The SMILES string of the molecule is O=c1[nH]c(-c2cc3c(cc2Br)OCO3)nc2sc3c(c12)CCCC3. The number of H-pyrrole nitrogens is 1. The van der Waals surface area contributed by atoms with Crippen molar-refractivity contribution in [3.8, 4) is 22.9 Å². The fraction of sp³-hybridized carbons (Fsp3) is 0.294. The van der Waals surface area contributed by atoms with Gasteiger partial charge >= 0.3 is 0 Å². The summed E-state index contributed by atoms with van der Waals surface area (Å²) in [5.41, 5.74) is 1.94. The normalized spacial score (nSPS) is 15.7. The number of halogens is 1. The van der Waals surface area contributed by atoms with Crippen LogP contribution in [0.2, 0.25) is 0 Å². The van der Waals surface area contributed by atoms with Crippen molar-refractivity contribution in [3.63, 3.8) is 0 Å². The van der Waals surface area contributed by atoms with Crippen molar-refractivity contribution in [2.24, 2.45) is 0 Å². The van der Waals surface area contributed by atoms with Gasteiger partial charge in [0.25, 0.3) is 5.56 Å². The Kier molecular flexibility index (Phi) is 3.21. The molecule has 3 aromatic rings. The third-order valence-corrected chi connectivity index (χ3v) is 6.38. The molecule has 1 aliphatic carbocycles. The van der Waals surface area contributed by atoms with E-state index in [9.17, 15) is 4.79 Å². The molecule has 1 N–H and O–H groups in total. The predicted octanol–water partition coefficient (Wildman–Crippen LogP) is 4.02. The Morgan fingerprint density at radius 1 is 1.17 bits per heavy atom. The fourth-order valence-corrected chi connectivity index (χ4v) is 5.16. The van der Waals surface area contributed by atoms with Crippen LogP contribution < -0.4 is 15.0 Å². The Labute approximate surface area is 149 Å². The highest BCUT2D eigenvalue weighted by molar-refractivity contribution is 9.10. The summed E-state index contributed by atoms with van der Waals surface area (Å²) in [7, 11) is 0. The summed E-state index contributed by atoms with van der Waals surface area (Å²) in [6, 6.07) is 3.70. The van der Waals surface area contributed by atoms with Crippen LogP contribution in [0.5, 0.6) is 11.5 Å². The maximum Gasteiger partial charge on any atom is 0.260 e. The summed E-state index contributed by atoms with van der Waals surface area (Å²) in [5, 5.41) is 0.773. The minimum Gasteiger partial charge on any atom is -0.454 e. The summed E-state index contributed by atoms with van der Waals surface area (Å²) in [6.07, 6.45) is 4.37. The lowest BCUT2D eigenvalue weighted by Crippen LogP contribution is -2.11. The Morgan fingerprint density at radius 2 is 1.96 bits per heavy atom. The number of nitrogens with one attached hydrogen (secondary N) is 1. The molecule has 0 saturated heterocycles. The molecule has 0 fully saturated rings. The zero-order valence-corrected chi connectivity index (χ0v) is 15.1. The van der Waals surface area contributed by atoms with Crippen LogP contribution in [0.4, 0.5) is 0 Å². The van der Waals surface area contributed by atoms with E-state index in [4.69, 9.17) is 14.5 Å². The number of nitrogens with zero attached hydrogens (tertiary/aromatic N) is 1. The van der Waals surface area contributed by atoms with Gasteiger partial charge in [0.1, 0.15) is 10.7 Å². The van der Waals surface area contributed by atoms with Gasteiger partial charge in [-0.3, -0.25) is 4.79 Å². The summed E-state index contributed by atoms with van der Waals surface area (Å²) < 4.78 is 11.6. The number of fused-ring (bicyclic) bond motifs is 4. The van der Waals surface area contributed by atoms with Gasteiger partial charge in [-0.05, 0) is 59.3 Å². The molecule has 7 heteroatoms. The van der Waals surface area contributed by atoms with Gasteiger partial charge in [0.15, 0.2) is 11.5 Å². The van der Waals surface area contributed by atoms with E-state index in [1.165, 1.54) is 16.9 Å². The summed E-state index contributed by atoms with van der Waals surface area (Å²) >= 11 is 5.19. The quantitative estimate of drug-likeness (QED) is 0.664. The van der Waals surface area contributed by atoms with Crippen LogP contribution in [0.1, 0.15) is 23.3 Å². The Morgan fingerprint density at radius 3 is 2.83 bits per heavy atom. The van der Waals surface area contributed by atoms with E-state index in [-0.39, 0.29) is 12.4 Å². The molecule has 0 unspecified atom stereocenters. The van der Waals surface area contributed by atoms with Crippen molar-refractivity contribution in [2.45, 2.75) is 25.7 Å². The molecule has 122 valence electrons. The van der Waals surface area contributed by atoms with Crippen LogP contribution in [0.25, 0.3) is 21.6 Å². The third-order valence-electron chi connectivity index (χ3n) is 4.54. The fourth-order valence-electron chi connectivity index (χ4n) is 3.39. The van der Waals surface area contributed by atoms with Crippen molar-refractivity contribution >= 4 is 37.5 Å². The van der Waals surface area contributed by atoms with Gasteiger partial charge in [0.05, 0.1) is 5.39 Å². The first-order chi connectivity index (χ1) is 11.7. The molecule has 3 heterocycles. The van der Waals surface area contributed by atoms with Crippen LogP contribution in [0.3, 0.4) is 0 Å². The topological polar surface area (TPSA) is 64.2 Å². The van der Waals surface area contributed by atoms with Crippen molar-refractivity contribution in [1.29, 1.82) is 0 Å². The highest BCUT2D eigenvalue weighted by Crippen LogP contribution is 2.41. The highest BCUT2D eigenvalue weighted by Gasteiger charge is 2.22. The molecular weight excluding hydrogens is 392 g/mol. The van der Waals surface area contributed by atoms with Gasteiger partial charge in [-0.2, -0.15) is 0 Å². The Hall–Kier alpha value is -1.86. The van der Waals surface area contributed by atoms with Gasteiger partial charge < -0.3 is 14.5 Å². The van der Waals surface area contributed by atoms with E-state index in [0.717, 1.165) is 39.5 Å². The van der Waals surface area contributed by atoms with Crippen molar-refractivity contribution < 1.29 is 9.47 Å². The molecule has 2 aliphatic rings. The van der Waals surface area contributed by atoms with E-state index < -0.39 is 0 Å². The molecule has 24 heavy (non-hydrogen) atoms. The van der Waals surface area contributed by atoms with E-state index in [0.29, 0.717) is 17.3 Å². The number of hydrogen-bond donors (Lipinski definition) is 1. The van der Waals surface area contributed by atoms with Crippen LogP contribution >= 0.6 is 27.3 Å². The summed E-state index contributed by atoms with van der Waals surface area (Å²) in [5.74, 6) is 1.92. The lowest BCUT2D eigenvalue weighted by Gasteiger charge is -2.09.